The molecule has 0 aliphatic carbocycles. The van der Waals surface area contributed by atoms with E-state index < -0.39 is 4.92 Å². The van der Waals surface area contributed by atoms with Crippen LogP contribution in [0.15, 0.2) is 59.0 Å². The van der Waals surface area contributed by atoms with Gasteiger partial charge in [0.05, 0.1) is 26.6 Å². The lowest BCUT2D eigenvalue weighted by Crippen LogP contribution is -1.88. The van der Waals surface area contributed by atoms with E-state index in [1.807, 2.05) is 24.3 Å². The van der Waals surface area contributed by atoms with E-state index in [-0.39, 0.29) is 5.69 Å². The van der Waals surface area contributed by atoms with Gasteiger partial charge < -0.3 is 9.40 Å². The summed E-state index contributed by atoms with van der Waals surface area (Å²) in [7, 11) is 0. The number of nitro benzene ring substituents is 1. The number of nitriles is 1. The molecule has 0 spiro atoms. The predicted molar refractivity (Wildman–Crippen MR) is 105 cm³/mol. The number of non-ortho nitro benzene ring substituents is 1. The highest BCUT2D eigenvalue weighted by molar-refractivity contribution is 6.33. The van der Waals surface area contributed by atoms with Crippen LogP contribution in [0.3, 0.4) is 0 Å². The summed E-state index contributed by atoms with van der Waals surface area (Å²) in [5.74, 6) is 1.19. The van der Waals surface area contributed by atoms with Crippen molar-refractivity contribution in [2.24, 2.45) is 0 Å². The molecule has 7 nitrogen and oxygen atoms in total. The summed E-state index contributed by atoms with van der Waals surface area (Å²) in [6.07, 6.45) is 1.55. The average molecular weight is 391 g/mol. The van der Waals surface area contributed by atoms with Gasteiger partial charge in [-0.15, -0.1) is 0 Å². The van der Waals surface area contributed by atoms with Gasteiger partial charge in [-0.1, -0.05) is 23.7 Å². The van der Waals surface area contributed by atoms with Gasteiger partial charge in [0.25, 0.3) is 5.69 Å². The number of imidazole rings is 1. The molecule has 136 valence electrons. The zero-order valence-corrected chi connectivity index (χ0v) is 15.0. The summed E-state index contributed by atoms with van der Waals surface area (Å²) in [6.45, 7) is 0. The maximum Gasteiger partial charge on any atom is 0.270 e. The third-order valence-electron chi connectivity index (χ3n) is 4.10. The van der Waals surface area contributed by atoms with Crippen molar-refractivity contribution in [3.8, 4) is 17.4 Å². The van der Waals surface area contributed by atoms with Crippen molar-refractivity contribution in [2.75, 3.05) is 0 Å². The second-order valence-corrected chi connectivity index (χ2v) is 6.30. The predicted octanol–water partition coefficient (Wildman–Crippen LogP) is 5.45. The average Bonchev–Trinajstić information content (AvgIpc) is 3.33. The Morgan fingerprint density at radius 3 is 2.82 bits per heavy atom. The Morgan fingerprint density at radius 1 is 1.25 bits per heavy atom. The fourth-order valence-electron chi connectivity index (χ4n) is 2.77. The van der Waals surface area contributed by atoms with E-state index in [9.17, 15) is 15.4 Å². The monoisotopic (exact) mass is 390 g/mol. The number of H-pyrrole nitrogens is 1. The Labute approximate surface area is 163 Å². The number of nitro groups is 1. The summed E-state index contributed by atoms with van der Waals surface area (Å²) < 4.78 is 5.74. The zero-order chi connectivity index (χ0) is 19.7. The molecule has 0 unspecified atom stereocenters. The van der Waals surface area contributed by atoms with Crippen molar-refractivity contribution in [1.82, 2.24) is 9.97 Å². The van der Waals surface area contributed by atoms with Gasteiger partial charge in [-0.3, -0.25) is 10.1 Å². The summed E-state index contributed by atoms with van der Waals surface area (Å²) in [6, 6.07) is 17.0. The number of rotatable bonds is 4. The standard InChI is InChI=1S/C20H11ClN4O3/c21-16-7-5-13(25(26)27)10-15(16)19-8-6-14(28-19)9-12(11-22)20-23-17-3-1-2-4-18(17)24-20/h1-10H,(H,23,24). The number of aromatic nitrogens is 2. The molecule has 2 aromatic carbocycles. The number of fused-ring (bicyclic) bond motifs is 1. The highest BCUT2D eigenvalue weighted by Crippen LogP contribution is 2.33. The third kappa shape index (κ3) is 3.24. The number of aromatic amines is 1. The number of furan rings is 1. The number of halogens is 1. The highest BCUT2D eigenvalue weighted by Gasteiger charge is 2.15. The second kappa shape index (κ2) is 7.02. The van der Waals surface area contributed by atoms with Crippen molar-refractivity contribution in [3.63, 3.8) is 0 Å². The van der Waals surface area contributed by atoms with Crippen LogP contribution in [0.2, 0.25) is 5.02 Å². The van der Waals surface area contributed by atoms with Crippen LogP contribution in [0.4, 0.5) is 5.69 Å². The molecule has 28 heavy (non-hydrogen) atoms. The minimum Gasteiger partial charge on any atom is -0.457 e. The molecule has 0 amide bonds. The largest absolute Gasteiger partial charge is 0.457 e. The number of benzene rings is 2. The fourth-order valence-corrected chi connectivity index (χ4v) is 2.98. The molecule has 0 atom stereocenters. The second-order valence-electron chi connectivity index (χ2n) is 5.90. The smallest absolute Gasteiger partial charge is 0.270 e. The van der Waals surface area contributed by atoms with Gasteiger partial charge >= 0.3 is 0 Å². The molecule has 0 radical (unpaired) electrons. The van der Waals surface area contributed by atoms with Gasteiger partial charge in [0.1, 0.15) is 23.4 Å². The van der Waals surface area contributed by atoms with E-state index >= 15 is 0 Å². The lowest BCUT2D eigenvalue weighted by Gasteiger charge is -2.00. The first kappa shape index (κ1) is 17.5. The van der Waals surface area contributed by atoms with Crippen LogP contribution in [0.5, 0.6) is 0 Å². The molecule has 0 aliphatic rings. The molecule has 0 saturated carbocycles. The Kier molecular flexibility index (Phi) is 4.39. The van der Waals surface area contributed by atoms with Crippen LogP contribution < -0.4 is 0 Å². The molecule has 8 heteroatoms. The molecule has 1 N–H and O–H groups in total. The van der Waals surface area contributed by atoms with Crippen LogP contribution in [-0.4, -0.2) is 14.9 Å². The normalized spacial score (nSPS) is 11.5. The Morgan fingerprint density at radius 2 is 2.07 bits per heavy atom. The van der Waals surface area contributed by atoms with E-state index in [0.29, 0.717) is 33.5 Å². The van der Waals surface area contributed by atoms with Gasteiger partial charge in [0, 0.05) is 23.8 Å². The number of allylic oxidation sites excluding steroid dienone is 1. The van der Waals surface area contributed by atoms with Crippen molar-refractivity contribution in [2.45, 2.75) is 0 Å². The minimum absolute atomic E-state index is 0.0899. The number of nitrogens with zero attached hydrogens (tertiary/aromatic N) is 3. The molecule has 4 rings (SSSR count). The number of nitrogens with one attached hydrogen (secondary N) is 1. The van der Waals surface area contributed by atoms with Crippen molar-refractivity contribution < 1.29 is 9.34 Å². The van der Waals surface area contributed by atoms with E-state index in [1.54, 1.807) is 18.2 Å². The molecule has 2 heterocycles. The van der Waals surface area contributed by atoms with Crippen LogP contribution in [-0.2, 0) is 0 Å². The van der Waals surface area contributed by atoms with Crippen molar-refractivity contribution >= 4 is 40.0 Å². The Balaban J connectivity index is 1.71. The summed E-state index contributed by atoms with van der Waals surface area (Å²) in [5.41, 5.74) is 2.18. The van der Waals surface area contributed by atoms with Gasteiger partial charge in [-0.05, 0) is 30.3 Å². The van der Waals surface area contributed by atoms with E-state index in [2.05, 4.69) is 16.0 Å². The summed E-state index contributed by atoms with van der Waals surface area (Å²) >= 11 is 6.15. The summed E-state index contributed by atoms with van der Waals surface area (Å²) in [4.78, 5) is 18.0. The van der Waals surface area contributed by atoms with Gasteiger partial charge in [-0.25, -0.2) is 4.98 Å². The van der Waals surface area contributed by atoms with Crippen LogP contribution in [0.1, 0.15) is 11.6 Å². The quantitative estimate of drug-likeness (QED) is 0.283. The number of hydrogen-bond donors (Lipinski definition) is 1. The topological polar surface area (TPSA) is 109 Å². The van der Waals surface area contributed by atoms with Crippen LogP contribution in [0, 0.1) is 21.4 Å². The molecule has 0 saturated heterocycles. The molecular weight excluding hydrogens is 380 g/mol. The SMILES string of the molecule is N#CC(=Cc1ccc(-c2cc([N+](=O)[O-])ccc2Cl)o1)c1nc2ccccc2[nH]1. The van der Waals surface area contributed by atoms with Crippen LogP contribution >= 0.6 is 11.6 Å². The van der Waals surface area contributed by atoms with Crippen molar-refractivity contribution in [3.05, 3.63) is 81.3 Å². The summed E-state index contributed by atoms with van der Waals surface area (Å²) in [5, 5.41) is 20.8. The number of para-hydroxylation sites is 2. The zero-order valence-electron chi connectivity index (χ0n) is 14.2. The number of hydrogen-bond acceptors (Lipinski definition) is 5. The molecular formula is C20H11ClN4O3. The van der Waals surface area contributed by atoms with Crippen LogP contribution in [0.25, 0.3) is 34.0 Å². The lowest BCUT2D eigenvalue weighted by atomic mass is 10.1. The maximum atomic E-state index is 11.0. The Hall–Kier alpha value is -3.89. The molecule has 2 aromatic heterocycles. The van der Waals surface area contributed by atoms with Gasteiger partial charge in [0.2, 0.25) is 0 Å². The third-order valence-corrected chi connectivity index (χ3v) is 4.43. The van der Waals surface area contributed by atoms with E-state index in [1.165, 1.54) is 18.2 Å². The fraction of sp³-hybridized carbons (Fsp3) is 0. The molecule has 4 aromatic rings. The van der Waals surface area contributed by atoms with Gasteiger partial charge in [-0.2, -0.15) is 5.26 Å². The Bertz CT molecular complexity index is 1250. The van der Waals surface area contributed by atoms with E-state index in [4.69, 9.17) is 16.0 Å². The first-order valence-electron chi connectivity index (χ1n) is 8.16. The van der Waals surface area contributed by atoms with Crippen molar-refractivity contribution in [1.29, 1.82) is 5.26 Å². The maximum absolute atomic E-state index is 11.0. The first-order chi connectivity index (χ1) is 13.5. The van der Waals surface area contributed by atoms with Gasteiger partial charge in [0.15, 0.2) is 0 Å². The molecule has 0 bridgehead atoms. The molecule has 0 fully saturated rings. The highest BCUT2D eigenvalue weighted by atomic mass is 35.5. The lowest BCUT2D eigenvalue weighted by molar-refractivity contribution is -0.384. The first-order valence-corrected chi connectivity index (χ1v) is 8.54. The molecule has 0 aliphatic heterocycles. The minimum atomic E-state index is -0.501. The van der Waals surface area contributed by atoms with E-state index in [0.717, 1.165) is 11.0 Å².